The van der Waals surface area contributed by atoms with Gasteiger partial charge in [0.05, 0.1) is 0 Å². The molecular formula is H4BaBiNaO6Ti2. The van der Waals surface area contributed by atoms with Crippen LogP contribution in [0, 0.1) is 0 Å². The second kappa shape index (κ2) is 23.9. The summed E-state index contributed by atoms with van der Waals surface area (Å²) in [7, 11) is 0. The molecule has 0 spiro atoms. The van der Waals surface area contributed by atoms with Crippen LogP contribution < -0.4 is 40.6 Å². The van der Waals surface area contributed by atoms with Gasteiger partial charge in [0.2, 0.25) is 0 Å². The van der Waals surface area contributed by atoms with E-state index in [4.69, 9.17) is 21.4 Å². The molecule has 0 aromatic rings. The van der Waals surface area contributed by atoms with Crippen LogP contribution >= 0.6 is 0 Å². The van der Waals surface area contributed by atoms with Gasteiger partial charge in [0.1, 0.15) is 0 Å². The van der Waals surface area contributed by atoms with E-state index in [1.54, 1.807) is 0 Å². The summed E-state index contributed by atoms with van der Waals surface area (Å²) < 4.78 is 50.2. The predicted octanol–water partition coefficient (Wildman–Crippen LogP) is -7.79. The van der Waals surface area contributed by atoms with Gasteiger partial charge in [-0.2, -0.15) is 0 Å². The topological polar surface area (TPSA) is 124 Å². The van der Waals surface area contributed by atoms with Crippen LogP contribution in [0.4, 0.5) is 0 Å². The molecule has 1 N–H and O–H groups in total. The van der Waals surface area contributed by atoms with E-state index in [1.807, 2.05) is 0 Å². The molecule has 0 saturated carbocycles. The van der Waals surface area contributed by atoms with E-state index in [1.165, 1.54) is 0 Å². The van der Waals surface area contributed by atoms with Gasteiger partial charge in [-0.3, -0.25) is 0 Å². The molecule has 0 atom stereocenters. The number of hydrogen-bond donors (Lipinski definition) is 1. The van der Waals surface area contributed by atoms with Crippen LogP contribution in [0.5, 0.6) is 0 Å². The zero-order valence-corrected chi connectivity index (χ0v) is 18.7. The second-order valence-corrected chi connectivity index (χ2v) is 2.13. The van der Waals surface area contributed by atoms with Crippen molar-refractivity contribution in [2.75, 3.05) is 0 Å². The fourth-order valence-corrected chi connectivity index (χ4v) is 0. The van der Waals surface area contributed by atoms with Crippen molar-refractivity contribution in [1.82, 2.24) is 0 Å². The summed E-state index contributed by atoms with van der Waals surface area (Å²) >= 11 is -7.92. The molecule has 6 nitrogen and oxygen atoms in total. The molecule has 0 unspecified atom stereocenters. The Kier molecular flexibility index (Phi) is 64.0. The van der Waals surface area contributed by atoms with Gasteiger partial charge in [-0.15, -0.1) is 0 Å². The fraction of sp³-hybridized carbons (Fsp3) is 0. The van der Waals surface area contributed by atoms with Gasteiger partial charge in [-0.05, 0) is 0 Å². The summed E-state index contributed by atoms with van der Waals surface area (Å²) in [5.74, 6) is 0. The molecule has 56 valence electrons. The molecule has 0 rings (SSSR count). The molecule has 0 amide bonds. The van der Waals surface area contributed by atoms with E-state index in [2.05, 4.69) is 0 Å². The molecule has 0 aliphatic heterocycles. The Balaban J connectivity index is -0.00000000600. The van der Waals surface area contributed by atoms with Crippen LogP contribution in [0.15, 0.2) is 0 Å². The maximum absolute atomic E-state index is 8.69. The van der Waals surface area contributed by atoms with Gasteiger partial charge in [0.15, 0.2) is 0 Å². The van der Waals surface area contributed by atoms with Crippen LogP contribution in [0.2, 0.25) is 0 Å². The Labute approximate surface area is 163 Å². The van der Waals surface area contributed by atoms with Crippen LogP contribution in [0.25, 0.3) is 0 Å². The van der Waals surface area contributed by atoms with E-state index >= 15 is 0 Å². The van der Waals surface area contributed by atoms with Gasteiger partial charge in [0.25, 0.3) is 0 Å². The normalized spacial score (nSPS) is 4.73. The molecular weight excluding hydrogens is 561 g/mol. The van der Waals surface area contributed by atoms with Gasteiger partial charge in [-0.1, -0.05) is 0 Å². The van der Waals surface area contributed by atoms with E-state index in [0.717, 1.165) is 0 Å². The van der Waals surface area contributed by atoms with E-state index in [9.17, 15) is 0 Å². The third-order valence-electron chi connectivity index (χ3n) is 0. The fourth-order valence-electron chi connectivity index (χ4n) is 0. The molecule has 0 aliphatic rings. The molecule has 0 bridgehead atoms. The van der Waals surface area contributed by atoms with Crippen LogP contribution in [0.3, 0.4) is 0 Å². The van der Waals surface area contributed by atoms with Crippen LogP contribution in [0.1, 0.15) is 4.28 Å². The van der Waals surface area contributed by atoms with Gasteiger partial charge in [-0.25, -0.2) is 0 Å². The van der Waals surface area contributed by atoms with Crippen LogP contribution in [-0.4, -0.2) is 78.8 Å². The molecule has 0 aromatic carbocycles. The van der Waals surface area contributed by atoms with Crippen molar-refractivity contribution >= 4 is 75.1 Å². The minimum absolute atomic E-state index is 0. The Hall–Kier alpha value is 4.32. The van der Waals surface area contributed by atoms with Crippen molar-refractivity contribution in [2.45, 2.75) is 0 Å². The van der Waals surface area contributed by atoms with Crippen molar-refractivity contribution in [3.8, 4) is 0 Å². The predicted molar refractivity (Wildman–Crippen MR) is 18.4 cm³/mol. The average molecular weight is 565 g/mol. The number of rotatable bonds is 0. The first-order valence-corrected chi connectivity index (χ1v) is 5.13. The molecule has 2 radical (unpaired) electrons. The molecule has 11 heteroatoms. The molecule has 0 fully saturated rings. The standard InChI is InChI=1S/Ba.Bi.Na.H2O.5O.2Ti.3H/h;;;1H2;;;;;;;;;;/q+2;+3;+1;;;;3*-1;;+1;3*-1/p-1. The Bertz CT molecular complexity index is 89.1. The average Bonchev–Trinajstić information content (AvgIpc) is 1.25. The maximum atomic E-state index is 8.69. The Morgan fingerprint density at radius 1 is 1.18 bits per heavy atom. The van der Waals surface area contributed by atoms with E-state index in [-0.39, 0.29) is 109 Å². The summed E-state index contributed by atoms with van der Waals surface area (Å²) in [5.41, 5.74) is 0. The zero-order chi connectivity index (χ0) is 7.15. The van der Waals surface area contributed by atoms with E-state index < -0.39 is 37.2 Å². The first kappa shape index (κ1) is 29.5. The monoisotopic (exact) mass is 566 g/mol. The Morgan fingerprint density at radius 2 is 1.18 bits per heavy atom. The summed E-state index contributed by atoms with van der Waals surface area (Å²) in [6, 6.07) is 0. The molecule has 0 aliphatic carbocycles. The van der Waals surface area contributed by atoms with Crippen molar-refractivity contribution in [1.29, 1.82) is 0 Å². The zero-order valence-electron chi connectivity index (χ0n) is 8.64. The third-order valence-corrected chi connectivity index (χ3v) is 0. The van der Waals surface area contributed by atoms with Crippen molar-refractivity contribution in [3.05, 3.63) is 0 Å². The first-order chi connectivity index (χ1) is 3.46. The minimum atomic E-state index is -4.08. The Morgan fingerprint density at radius 3 is 1.18 bits per heavy atom. The van der Waals surface area contributed by atoms with Crippen molar-refractivity contribution in [3.63, 3.8) is 0 Å². The quantitative estimate of drug-likeness (QED) is 0.292. The number of hydrogen-bond acceptors (Lipinski definition) is 5. The van der Waals surface area contributed by atoms with Gasteiger partial charge >= 0.3 is 163 Å². The third kappa shape index (κ3) is 116. The molecule has 11 heavy (non-hydrogen) atoms. The summed E-state index contributed by atoms with van der Waals surface area (Å²) in [5, 5.41) is 0. The van der Waals surface area contributed by atoms with Crippen molar-refractivity contribution < 1.29 is 92.5 Å². The van der Waals surface area contributed by atoms with Gasteiger partial charge < -0.3 is 4.28 Å². The summed E-state index contributed by atoms with van der Waals surface area (Å²) in [6.45, 7) is 0. The van der Waals surface area contributed by atoms with Crippen LogP contribution in [-0.2, 0) is 43.9 Å². The summed E-state index contributed by atoms with van der Waals surface area (Å²) in [6.07, 6.45) is 0. The molecule has 0 saturated heterocycles. The molecule has 0 aromatic heterocycles. The van der Waals surface area contributed by atoms with Gasteiger partial charge in [0, 0.05) is 0 Å². The first-order valence-electron chi connectivity index (χ1n) is 1.24. The molecule has 0 heterocycles. The SMILES string of the molecule is [Ba+2].[Bi+3].[H-].[H-].[H-].[Na+].[O]=[Ti]([O-])[O-].[O]=[Ti]([O-])[OH]. The van der Waals surface area contributed by atoms with E-state index in [0.29, 0.717) is 0 Å². The second-order valence-electron chi connectivity index (χ2n) is 0.516. The summed E-state index contributed by atoms with van der Waals surface area (Å²) in [4.78, 5) is 0. The van der Waals surface area contributed by atoms with Crippen molar-refractivity contribution in [2.24, 2.45) is 0 Å².